The molecule has 126 valence electrons. The molecule has 2 heterocycles. The van der Waals surface area contributed by atoms with Crippen LogP contribution in [0.25, 0.3) is 0 Å². The molecule has 24 heavy (non-hydrogen) atoms. The van der Waals surface area contributed by atoms with Gasteiger partial charge in [-0.2, -0.15) is 15.0 Å². The zero-order chi connectivity index (χ0) is 17.1. The Morgan fingerprint density at radius 1 is 1.29 bits per heavy atom. The maximum atomic E-state index is 11.5. The highest BCUT2D eigenvalue weighted by Crippen LogP contribution is 2.20. The molecule has 0 saturated carbocycles. The largest absolute Gasteiger partial charge is 0.368 e. The van der Waals surface area contributed by atoms with Gasteiger partial charge in [0.05, 0.1) is 12.6 Å². The predicted octanol–water partition coefficient (Wildman–Crippen LogP) is 0.956. The fourth-order valence-corrected chi connectivity index (χ4v) is 2.85. The SMILES string of the molecule is Cc1ccc(Nc2nc(N)nc(CN3CCCC3C(N)=O)n2)cc1. The van der Waals surface area contributed by atoms with Crippen molar-refractivity contribution in [3.05, 3.63) is 35.7 Å². The van der Waals surface area contributed by atoms with Crippen LogP contribution in [-0.4, -0.2) is 38.3 Å². The van der Waals surface area contributed by atoms with E-state index in [1.54, 1.807) is 0 Å². The Morgan fingerprint density at radius 2 is 2.04 bits per heavy atom. The minimum atomic E-state index is -0.312. The number of aromatic nitrogens is 3. The van der Waals surface area contributed by atoms with Gasteiger partial charge in [0.25, 0.3) is 0 Å². The lowest BCUT2D eigenvalue weighted by Crippen LogP contribution is -2.40. The third kappa shape index (κ3) is 3.77. The van der Waals surface area contributed by atoms with Crippen LogP contribution < -0.4 is 16.8 Å². The maximum absolute atomic E-state index is 11.5. The van der Waals surface area contributed by atoms with Gasteiger partial charge in [0.15, 0.2) is 0 Å². The molecule has 1 aliphatic rings. The first-order chi connectivity index (χ1) is 11.5. The van der Waals surface area contributed by atoms with Gasteiger partial charge in [-0.25, -0.2) is 0 Å². The van der Waals surface area contributed by atoms with Crippen LogP contribution in [0.2, 0.25) is 0 Å². The number of amides is 1. The topological polar surface area (TPSA) is 123 Å². The van der Waals surface area contributed by atoms with E-state index in [4.69, 9.17) is 11.5 Å². The lowest BCUT2D eigenvalue weighted by molar-refractivity contribution is -0.122. The van der Waals surface area contributed by atoms with E-state index in [0.717, 1.165) is 25.1 Å². The number of nitrogens with one attached hydrogen (secondary N) is 1. The summed E-state index contributed by atoms with van der Waals surface area (Å²) in [5.74, 6) is 0.735. The monoisotopic (exact) mass is 327 g/mol. The quantitative estimate of drug-likeness (QED) is 0.747. The predicted molar refractivity (Wildman–Crippen MR) is 91.3 cm³/mol. The van der Waals surface area contributed by atoms with Gasteiger partial charge in [0.2, 0.25) is 17.8 Å². The number of nitrogen functional groups attached to an aromatic ring is 1. The molecular formula is C16H21N7O. The van der Waals surface area contributed by atoms with Crippen molar-refractivity contribution in [3.63, 3.8) is 0 Å². The minimum Gasteiger partial charge on any atom is -0.368 e. The van der Waals surface area contributed by atoms with E-state index < -0.39 is 0 Å². The van der Waals surface area contributed by atoms with Crippen molar-refractivity contribution in [2.24, 2.45) is 5.73 Å². The van der Waals surface area contributed by atoms with E-state index in [2.05, 4.69) is 20.3 Å². The summed E-state index contributed by atoms with van der Waals surface area (Å²) in [5, 5.41) is 3.12. The van der Waals surface area contributed by atoms with Crippen molar-refractivity contribution < 1.29 is 4.79 Å². The van der Waals surface area contributed by atoms with Crippen molar-refractivity contribution in [3.8, 4) is 0 Å². The van der Waals surface area contributed by atoms with Gasteiger partial charge in [-0.1, -0.05) is 17.7 Å². The molecular weight excluding hydrogens is 306 g/mol. The Hall–Kier alpha value is -2.74. The summed E-state index contributed by atoms with van der Waals surface area (Å²) in [6.45, 7) is 3.23. The first kappa shape index (κ1) is 16.1. The number of anilines is 3. The van der Waals surface area contributed by atoms with Crippen LogP contribution >= 0.6 is 0 Å². The van der Waals surface area contributed by atoms with E-state index in [0.29, 0.717) is 18.3 Å². The number of carbonyl (C=O) groups is 1. The number of carbonyl (C=O) groups excluding carboxylic acids is 1. The highest BCUT2D eigenvalue weighted by molar-refractivity contribution is 5.80. The molecule has 1 aromatic heterocycles. The number of primary amides is 1. The van der Waals surface area contributed by atoms with Crippen molar-refractivity contribution in [2.75, 3.05) is 17.6 Å². The number of likely N-dealkylation sites (tertiary alicyclic amines) is 1. The van der Waals surface area contributed by atoms with Crippen molar-refractivity contribution in [1.29, 1.82) is 0 Å². The van der Waals surface area contributed by atoms with Crippen LogP contribution in [0.5, 0.6) is 0 Å². The standard InChI is InChI=1S/C16H21N7O/c1-10-4-6-11(7-5-10)19-16-21-13(20-15(18)22-16)9-23-8-2-3-12(23)14(17)24/h4-7,12H,2-3,8-9H2,1H3,(H2,17,24)(H3,18,19,20,21,22). The Labute approximate surface area is 140 Å². The molecule has 5 N–H and O–H groups in total. The molecule has 3 rings (SSSR count). The molecule has 8 nitrogen and oxygen atoms in total. The van der Waals surface area contributed by atoms with Gasteiger partial charge in [0.1, 0.15) is 5.82 Å². The van der Waals surface area contributed by atoms with Crippen LogP contribution in [0.3, 0.4) is 0 Å². The van der Waals surface area contributed by atoms with Crippen molar-refractivity contribution >= 4 is 23.5 Å². The summed E-state index contributed by atoms with van der Waals surface area (Å²) in [4.78, 5) is 26.2. The normalized spacial score (nSPS) is 17.8. The van der Waals surface area contributed by atoms with Crippen LogP contribution in [0, 0.1) is 6.92 Å². The van der Waals surface area contributed by atoms with Gasteiger partial charge >= 0.3 is 0 Å². The van der Waals surface area contributed by atoms with Crippen molar-refractivity contribution in [1.82, 2.24) is 19.9 Å². The van der Waals surface area contributed by atoms with E-state index in [9.17, 15) is 4.79 Å². The number of benzene rings is 1. The highest BCUT2D eigenvalue weighted by atomic mass is 16.1. The number of aryl methyl sites for hydroxylation is 1. The summed E-state index contributed by atoms with van der Waals surface area (Å²) >= 11 is 0. The van der Waals surface area contributed by atoms with Gasteiger partial charge in [-0.05, 0) is 38.4 Å². The van der Waals surface area contributed by atoms with Gasteiger partial charge in [-0.3, -0.25) is 9.69 Å². The maximum Gasteiger partial charge on any atom is 0.234 e. The third-order valence-corrected chi connectivity index (χ3v) is 4.04. The molecule has 0 aliphatic carbocycles. The number of hydrogen-bond donors (Lipinski definition) is 3. The third-order valence-electron chi connectivity index (χ3n) is 4.04. The average Bonchev–Trinajstić information content (AvgIpc) is 2.97. The second-order valence-electron chi connectivity index (χ2n) is 5.96. The number of hydrogen-bond acceptors (Lipinski definition) is 7. The number of nitrogens with zero attached hydrogens (tertiary/aromatic N) is 4. The molecule has 1 fully saturated rings. The molecule has 0 spiro atoms. The number of nitrogens with two attached hydrogens (primary N) is 2. The molecule has 0 radical (unpaired) electrons. The zero-order valence-electron chi connectivity index (χ0n) is 13.6. The van der Waals surface area contributed by atoms with Crippen LogP contribution in [0.15, 0.2) is 24.3 Å². The Kier molecular flexibility index (Phi) is 4.57. The summed E-state index contributed by atoms with van der Waals surface area (Å²) in [7, 11) is 0. The molecule has 1 saturated heterocycles. The second-order valence-corrected chi connectivity index (χ2v) is 5.96. The first-order valence-corrected chi connectivity index (χ1v) is 7.89. The summed E-state index contributed by atoms with van der Waals surface area (Å²) in [5.41, 5.74) is 13.3. The Balaban J connectivity index is 1.76. The molecule has 8 heteroatoms. The highest BCUT2D eigenvalue weighted by Gasteiger charge is 2.29. The minimum absolute atomic E-state index is 0.143. The molecule has 1 atom stereocenters. The Bertz CT molecular complexity index is 732. The lowest BCUT2D eigenvalue weighted by Gasteiger charge is -2.20. The summed E-state index contributed by atoms with van der Waals surface area (Å²) < 4.78 is 0. The molecule has 1 aliphatic heterocycles. The molecule has 1 amide bonds. The smallest absolute Gasteiger partial charge is 0.234 e. The fraction of sp³-hybridized carbons (Fsp3) is 0.375. The fourth-order valence-electron chi connectivity index (χ4n) is 2.85. The van der Waals surface area contributed by atoms with E-state index in [1.165, 1.54) is 5.56 Å². The molecule has 0 bridgehead atoms. The van der Waals surface area contributed by atoms with Crippen LogP contribution in [0.1, 0.15) is 24.2 Å². The Morgan fingerprint density at radius 3 is 2.75 bits per heavy atom. The average molecular weight is 327 g/mol. The molecule has 2 aromatic rings. The van der Waals surface area contributed by atoms with Gasteiger partial charge in [-0.15, -0.1) is 0 Å². The van der Waals surface area contributed by atoms with Crippen molar-refractivity contribution in [2.45, 2.75) is 32.4 Å². The van der Waals surface area contributed by atoms with Crippen LogP contribution in [-0.2, 0) is 11.3 Å². The summed E-state index contributed by atoms with van der Waals surface area (Å²) in [6, 6.07) is 7.61. The summed E-state index contributed by atoms with van der Waals surface area (Å²) in [6.07, 6.45) is 1.70. The van der Waals surface area contributed by atoms with Crippen LogP contribution in [0.4, 0.5) is 17.6 Å². The molecule has 1 unspecified atom stereocenters. The van der Waals surface area contributed by atoms with Gasteiger partial charge < -0.3 is 16.8 Å². The second kappa shape index (κ2) is 6.79. The zero-order valence-corrected chi connectivity index (χ0v) is 13.6. The van der Waals surface area contributed by atoms with E-state index in [1.807, 2.05) is 36.1 Å². The van der Waals surface area contributed by atoms with Gasteiger partial charge in [0, 0.05) is 5.69 Å². The molecule has 1 aromatic carbocycles. The lowest BCUT2D eigenvalue weighted by atomic mass is 10.2. The number of rotatable bonds is 5. The first-order valence-electron chi connectivity index (χ1n) is 7.89. The van der Waals surface area contributed by atoms with E-state index >= 15 is 0 Å². The van der Waals surface area contributed by atoms with E-state index in [-0.39, 0.29) is 17.9 Å².